The summed E-state index contributed by atoms with van der Waals surface area (Å²) in [4.78, 5) is 37.8. The van der Waals surface area contributed by atoms with Crippen molar-refractivity contribution >= 4 is 40.8 Å². The molecule has 28 heavy (non-hydrogen) atoms. The van der Waals surface area contributed by atoms with Crippen LogP contribution in [0.2, 0.25) is 5.02 Å². The van der Waals surface area contributed by atoms with Gasteiger partial charge in [0.2, 0.25) is 5.91 Å². The number of ether oxygens (including phenoxy) is 1. The van der Waals surface area contributed by atoms with Crippen LogP contribution >= 0.6 is 11.6 Å². The second-order valence-electron chi connectivity index (χ2n) is 6.45. The number of hydrogen-bond acceptors (Lipinski definition) is 4. The van der Waals surface area contributed by atoms with E-state index in [4.69, 9.17) is 16.3 Å². The van der Waals surface area contributed by atoms with Gasteiger partial charge >= 0.3 is 5.97 Å². The molecule has 0 bridgehead atoms. The van der Waals surface area contributed by atoms with E-state index in [1.807, 2.05) is 0 Å². The first-order valence-electron chi connectivity index (χ1n) is 8.62. The van der Waals surface area contributed by atoms with Crippen LogP contribution in [0.1, 0.15) is 12.0 Å². The molecule has 0 unspecified atom stereocenters. The maximum atomic E-state index is 13.0. The van der Waals surface area contributed by atoms with Gasteiger partial charge in [-0.2, -0.15) is 0 Å². The Morgan fingerprint density at radius 3 is 2.68 bits per heavy atom. The molecule has 1 heterocycles. The van der Waals surface area contributed by atoms with Gasteiger partial charge in [0.1, 0.15) is 5.82 Å². The molecule has 1 fully saturated rings. The number of nitrogens with zero attached hydrogens (tertiary/aromatic N) is 1. The van der Waals surface area contributed by atoms with Crippen molar-refractivity contribution < 1.29 is 23.5 Å². The van der Waals surface area contributed by atoms with E-state index < -0.39 is 30.2 Å². The van der Waals surface area contributed by atoms with Gasteiger partial charge in [0, 0.05) is 29.4 Å². The molecule has 0 aliphatic carbocycles. The quantitative estimate of drug-likeness (QED) is 0.776. The SMILES string of the molecule is Cc1c(Cl)cccc1NC(=O)COC(=O)[C@H]1CC(=O)N(c2ccc(F)cc2)C1. The van der Waals surface area contributed by atoms with Crippen molar-refractivity contribution in [3.8, 4) is 0 Å². The van der Waals surface area contributed by atoms with Crippen LogP contribution in [0.4, 0.5) is 15.8 Å². The number of carbonyl (C=O) groups excluding carboxylic acids is 3. The lowest BCUT2D eigenvalue weighted by molar-refractivity contribution is -0.151. The largest absolute Gasteiger partial charge is 0.455 e. The highest BCUT2D eigenvalue weighted by Gasteiger charge is 2.36. The number of halogens is 2. The Morgan fingerprint density at radius 1 is 1.25 bits per heavy atom. The fourth-order valence-corrected chi connectivity index (χ4v) is 3.09. The summed E-state index contributed by atoms with van der Waals surface area (Å²) in [6.45, 7) is 1.42. The van der Waals surface area contributed by atoms with Gasteiger partial charge in [-0.05, 0) is 48.9 Å². The van der Waals surface area contributed by atoms with Crippen LogP contribution in [0.3, 0.4) is 0 Å². The van der Waals surface area contributed by atoms with Crippen molar-refractivity contribution in [2.45, 2.75) is 13.3 Å². The van der Waals surface area contributed by atoms with E-state index in [2.05, 4.69) is 5.32 Å². The van der Waals surface area contributed by atoms with E-state index in [1.54, 1.807) is 25.1 Å². The normalized spacial score (nSPS) is 16.2. The molecule has 3 rings (SSSR count). The van der Waals surface area contributed by atoms with Gasteiger partial charge in [-0.15, -0.1) is 0 Å². The smallest absolute Gasteiger partial charge is 0.311 e. The zero-order valence-corrected chi connectivity index (χ0v) is 15.8. The molecule has 2 aromatic carbocycles. The first-order chi connectivity index (χ1) is 13.3. The maximum Gasteiger partial charge on any atom is 0.311 e. The molecule has 2 aromatic rings. The molecule has 0 radical (unpaired) electrons. The first-order valence-corrected chi connectivity index (χ1v) is 9.00. The molecule has 1 aliphatic heterocycles. The number of benzene rings is 2. The summed E-state index contributed by atoms with van der Waals surface area (Å²) in [5.41, 5.74) is 1.75. The monoisotopic (exact) mass is 404 g/mol. The molecule has 1 N–H and O–H groups in total. The molecular weight excluding hydrogens is 387 g/mol. The minimum atomic E-state index is -0.682. The summed E-state index contributed by atoms with van der Waals surface area (Å²) < 4.78 is 18.1. The third-order valence-electron chi connectivity index (χ3n) is 4.48. The summed E-state index contributed by atoms with van der Waals surface area (Å²) in [6.07, 6.45) is -0.0226. The Hall–Kier alpha value is -2.93. The first kappa shape index (κ1) is 19.8. The predicted octanol–water partition coefficient (Wildman–Crippen LogP) is 3.32. The molecule has 6 nitrogen and oxygen atoms in total. The molecule has 1 aliphatic rings. The zero-order valence-electron chi connectivity index (χ0n) is 15.1. The van der Waals surface area contributed by atoms with Gasteiger partial charge in [-0.3, -0.25) is 14.4 Å². The molecule has 0 saturated carbocycles. The third kappa shape index (κ3) is 4.48. The van der Waals surface area contributed by atoms with Crippen molar-refractivity contribution in [3.05, 3.63) is 58.9 Å². The average Bonchev–Trinajstić information content (AvgIpc) is 3.06. The van der Waals surface area contributed by atoms with Crippen molar-refractivity contribution in [2.24, 2.45) is 5.92 Å². The van der Waals surface area contributed by atoms with E-state index >= 15 is 0 Å². The predicted molar refractivity (Wildman–Crippen MR) is 103 cm³/mol. The van der Waals surface area contributed by atoms with Gasteiger partial charge in [0.25, 0.3) is 5.91 Å². The molecule has 0 aromatic heterocycles. The van der Waals surface area contributed by atoms with Crippen molar-refractivity contribution in [1.29, 1.82) is 0 Å². The van der Waals surface area contributed by atoms with Crippen LogP contribution in [0.5, 0.6) is 0 Å². The van der Waals surface area contributed by atoms with Crippen LogP contribution in [-0.4, -0.2) is 30.9 Å². The number of amides is 2. The van der Waals surface area contributed by atoms with Crippen molar-refractivity contribution in [2.75, 3.05) is 23.4 Å². The molecule has 2 amide bonds. The van der Waals surface area contributed by atoms with Gasteiger partial charge in [0.15, 0.2) is 6.61 Å². The average molecular weight is 405 g/mol. The Morgan fingerprint density at radius 2 is 1.96 bits per heavy atom. The van der Waals surface area contributed by atoms with Gasteiger partial charge in [-0.1, -0.05) is 17.7 Å². The zero-order chi connectivity index (χ0) is 20.3. The maximum absolute atomic E-state index is 13.0. The minimum Gasteiger partial charge on any atom is -0.455 e. The molecular formula is C20H18ClFN2O4. The van der Waals surface area contributed by atoms with Crippen LogP contribution in [0.25, 0.3) is 0 Å². The van der Waals surface area contributed by atoms with Crippen LogP contribution in [0.15, 0.2) is 42.5 Å². The summed E-state index contributed by atoms with van der Waals surface area (Å²) in [7, 11) is 0. The summed E-state index contributed by atoms with van der Waals surface area (Å²) in [6, 6.07) is 10.5. The number of rotatable bonds is 5. The van der Waals surface area contributed by atoms with E-state index in [1.165, 1.54) is 29.2 Å². The molecule has 1 atom stereocenters. The lowest BCUT2D eigenvalue weighted by Crippen LogP contribution is -2.28. The highest BCUT2D eigenvalue weighted by Crippen LogP contribution is 2.26. The van der Waals surface area contributed by atoms with E-state index in [0.717, 1.165) is 0 Å². The number of hydrogen-bond donors (Lipinski definition) is 1. The van der Waals surface area contributed by atoms with Gasteiger partial charge in [-0.25, -0.2) is 4.39 Å². The standard InChI is InChI=1S/C20H18ClFN2O4/c1-12-16(21)3-2-4-17(12)23-18(25)11-28-20(27)13-9-19(26)24(10-13)15-7-5-14(22)6-8-15/h2-8,13H,9-11H2,1H3,(H,23,25)/t13-/m0/s1. The Balaban J connectivity index is 1.53. The molecule has 8 heteroatoms. The number of carbonyl (C=O) groups is 3. The fourth-order valence-electron chi connectivity index (χ4n) is 2.92. The molecule has 1 saturated heterocycles. The number of esters is 1. The molecule has 146 valence electrons. The topological polar surface area (TPSA) is 75.7 Å². The van der Waals surface area contributed by atoms with Crippen LogP contribution < -0.4 is 10.2 Å². The lowest BCUT2D eigenvalue weighted by atomic mass is 10.1. The van der Waals surface area contributed by atoms with Crippen molar-refractivity contribution in [1.82, 2.24) is 0 Å². The summed E-state index contributed by atoms with van der Waals surface area (Å²) in [5.74, 6) is -2.48. The Labute approximate surface area is 166 Å². The lowest BCUT2D eigenvalue weighted by Gasteiger charge is -2.16. The fraction of sp³-hybridized carbons (Fsp3) is 0.250. The van der Waals surface area contributed by atoms with Crippen LogP contribution in [0, 0.1) is 18.7 Å². The highest BCUT2D eigenvalue weighted by molar-refractivity contribution is 6.31. The van der Waals surface area contributed by atoms with Gasteiger partial charge < -0.3 is 15.0 Å². The minimum absolute atomic E-state index is 0.0226. The molecule has 0 spiro atoms. The Kier molecular flexibility index (Phi) is 5.94. The Bertz CT molecular complexity index is 917. The summed E-state index contributed by atoms with van der Waals surface area (Å²) >= 11 is 6.00. The van der Waals surface area contributed by atoms with Crippen LogP contribution in [-0.2, 0) is 19.1 Å². The van der Waals surface area contributed by atoms with E-state index in [0.29, 0.717) is 22.0 Å². The third-order valence-corrected chi connectivity index (χ3v) is 4.89. The number of nitrogens with one attached hydrogen (secondary N) is 1. The van der Waals surface area contributed by atoms with Crippen molar-refractivity contribution in [3.63, 3.8) is 0 Å². The van der Waals surface area contributed by atoms with E-state index in [9.17, 15) is 18.8 Å². The summed E-state index contributed by atoms with van der Waals surface area (Å²) in [5, 5.41) is 3.15. The van der Waals surface area contributed by atoms with E-state index in [-0.39, 0.29) is 18.9 Å². The number of anilines is 2. The second kappa shape index (κ2) is 8.39. The van der Waals surface area contributed by atoms with Gasteiger partial charge in [0.05, 0.1) is 5.92 Å². The second-order valence-corrected chi connectivity index (χ2v) is 6.86. The highest BCUT2D eigenvalue weighted by atomic mass is 35.5.